The minimum Gasteiger partial charge on any atom is -0.392 e. The Labute approximate surface area is 142 Å². The van der Waals surface area contributed by atoms with E-state index in [2.05, 4.69) is 9.88 Å². The monoisotopic (exact) mass is 328 g/mol. The highest BCUT2D eigenvalue weighted by atomic mass is 16.3. The summed E-state index contributed by atoms with van der Waals surface area (Å²) in [4.78, 5) is 21.0. The van der Waals surface area contributed by atoms with Crippen molar-refractivity contribution in [2.24, 2.45) is 0 Å². The van der Waals surface area contributed by atoms with Crippen molar-refractivity contribution in [2.75, 3.05) is 32.7 Å². The van der Waals surface area contributed by atoms with Crippen molar-refractivity contribution in [2.45, 2.75) is 19.6 Å². The Morgan fingerprint density at radius 2 is 2.04 bits per heavy atom. The number of carbonyl (C=O) groups is 1. The van der Waals surface area contributed by atoms with E-state index in [0.29, 0.717) is 31.9 Å². The van der Waals surface area contributed by atoms with Crippen LogP contribution >= 0.6 is 0 Å². The number of rotatable bonds is 5. The Kier molecular flexibility index (Phi) is 5.27. The molecule has 1 N–H and O–H groups in total. The normalized spacial score (nSPS) is 17.0. The third-order valence-electron chi connectivity index (χ3n) is 4.31. The van der Waals surface area contributed by atoms with Crippen LogP contribution in [0.15, 0.2) is 42.9 Å². The molecule has 0 aliphatic carbocycles. The van der Waals surface area contributed by atoms with Crippen LogP contribution in [0.5, 0.6) is 0 Å². The van der Waals surface area contributed by atoms with Crippen molar-refractivity contribution in [3.63, 3.8) is 0 Å². The van der Waals surface area contributed by atoms with E-state index in [9.17, 15) is 9.90 Å². The number of pyridine rings is 1. The van der Waals surface area contributed by atoms with Crippen LogP contribution in [0.25, 0.3) is 0 Å². The van der Waals surface area contributed by atoms with Gasteiger partial charge in [0, 0.05) is 57.9 Å². The molecule has 6 nitrogen and oxygen atoms in total. The first-order valence-electron chi connectivity index (χ1n) is 8.37. The zero-order valence-corrected chi connectivity index (χ0v) is 14.0. The van der Waals surface area contributed by atoms with Crippen molar-refractivity contribution < 1.29 is 9.90 Å². The number of aliphatic hydroxyl groups is 1. The van der Waals surface area contributed by atoms with Crippen LogP contribution in [-0.2, 0) is 6.54 Å². The lowest BCUT2D eigenvalue weighted by atomic mass is 10.2. The van der Waals surface area contributed by atoms with Gasteiger partial charge in [0.25, 0.3) is 5.91 Å². The van der Waals surface area contributed by atoms with Crippen LogP contribution in [0.2, 0.25) is 0 Å². The predicted molar refractivity (Wildman–Crippen MR) is 91.8 cm³/mol. The zero-order chi connectivity index (χ0) is 16.9. The quantitative estimate of drug-likeness (QED) is 0.892. The Bertz CT molecular complexity index is 661. The number of hydrogen-bond donors (Lipinski definition) is 1. The van der Waals surface area contributed by atoms with Gasteiger partial charge in [-0.2, -0.15) is 0 Å². The third kappa shape index (κ3) is 4.01. The maximum atomic E-state index is 12.8. The average molecular weight is 328 g/mol. The van der Waals surface area contributed by atoms with E-state index >= 15 is 0 Å². The van der Waals surface area contributed by atoms with Gasteiger partial charge in [0.15, 0.2) is 0 Å². The standard InChI is InChI=1S/C18H24N4O2/c1-15(23)13-20-8-10-21(11-9-20)18(24)17-5-3-7-22(17)14-16-4-2-6-19-12-16/h2-7,12,15,23H,8-11,13-14H2,1H3/t15-/m0/s1. The summed E-state index contributed by atoms with van der Waals surface area (Å²) in [7, 11) is 0. The lowest BCUT2D eigenvalue weighted by molar-refractivity contribution is 0.0545. The fraction of sp³-hybridized carbons (Fsp3) is 0.444. The molecule has 128 valence electrons. The summed E-state index contributed by atoms with van der Waals surface area (Å²) in [6.07, 6.45) is 5.18. The van der Waals surface area contributed by atoms with Gasteiger partial charge in [0.05, 0.1) is 6.10 Å². The van der Waals surface area contributed by atoms with E-state index in [1.807, 2.05) is 46.1 Å². The molecule has 0 bridgehead atoms. The molecule has 3 rings (SSSR count). The molecule has 1 amide bonds. The van der Waals surface area contributed by atoms with Gasteiger partial charge in [-0.05, 0) is 30.7 Å². The predicted octanol–water partition coefficient (Wildman–Crippen LogP) is 1.07. The molecular formula is C18H24N4O2. The molecule has 24 heavy (non-hydrogen) atoms. The van der Waals surface area contributed by atoms with Crippen molar-refractivity contribution in [1.29, 1.82) is 0 Å². The minimum absolute atomic E-state index is 0.0700. The fourth-order valence-electron chi connectivity index (χ4n) is 3.10. The summed E-state index contributed by atoms with van der Waals surface area (Å²) >= 11 is 0. The van der Waals surface area contributed by atoms with Gasteiger partial charge >= 0.3 is 0 Å². The zero-order valence-electron chi connectivity index (χ0n) is 14.0. The SMILES string of the molecule is C[C@H](O)CN1CCN(C(=O)c2cccn2Cc2cccnc2)CC1. The van der Waals surface area contributed by atoms with Crippen LogP contribution in [-0.4, -0.2) is 69.2 Å². The van der Waals surface area contributed by atoms with E-state index in [0.717, 1.165) is 18.7 Å². The molecular weight excluding hydrogens is 304 g/mol. The van der Waals surface area contributed by atoms with Crippen LogP contribution in [0, 0.1) is 0 Å². The number of piperazine rings is 1. The highest BCUT2D eigenvalue weighted by Crippen LogP contribution is 2.12. The second-order valence-corrected chi connectivity index (χ2v) is 6.32. The second-order valence-electron chi connectivity index (χ2n) is 6.32. The maximum Gasteiger partial charge on any atom is 0.270 e. The number of nitrogens with zero attached hydrogens (tertiary/aromatic N) is 4. The number of hydrogen-bond acceptors (Lipinski definition) is 4. The molecule has 1 atom stereocenters. The van der Waals surface area contributed by atoms with Gasteiger partial charge in [0.1, 0.15) is 5.69 Å². The summed E-state index contributed by atoms with van der Waals surface area (Å²) in [5.74, 6) is 0.0700. The molecule has 3 heterocycles. The topological polar surface area (TPSA) is 61.6 Å². The molecule has 2 aromatic heterocycles. The summed E-state index contributed by atoms with van der Waals surface area (Å²) in [5, 5.41) is 9.48. The molecule has 2 aromatic rings. The van der Waals surface area contributed by atoms with E-state index in [1.165, 1.54) is 0 Å². The van der Waals surface area contributed by atoms with E-state index < -0.39 is 0 Å². The van der Waals surface area contributed by atoms with Crippen molar-refractivity contribution in [3.8, 4) is 0 Å². The number of aliphatic hydroxyl groups excluding tert-OH is 1. The number of β-amino-alcohol motifs (C(OH)–C–C–N with tert-alkyl or cyclic N) is 1. The molecule has 0 saturated carbocycles. The van der Waals surface area contributed by atoms with E-state index in [4.69, 9.17) is 0 Å². The van der Waals surface area contributed by atoms with Crippen LogP contribution in [0.4, 0.5) is 0 Å². The summed E-state index contributed by atoms with van der Waals surface area (Å²) in [5.41, 5.74) is 1.78. The van der Waals surface area contributed by atoms with E-state index in [1.54, 1.807) is 13.1 Å². The molecule has 1 fully saturated rings. The number of carbonyl (C=O) groups excluding carboxylic acids is 1. The fourth-order valence-corrected chi connectivity index (χ4v) is 3.10. The summed E-state index contributed by atoms with van der Waals surface area (Å²) in [6, 6.07) is 7.70. The van der Waals surface area contributed by atoms with Gasteiger partial charge in [-0.3, -0.25) is 14.7 Å². The van der Waals surface area contributed by atoms with Gasteiger partial charge in [-0.15, -0.1) is 0 Å². The number of aromatic nitrogens is 2. The molecule has 0 unspecified atom stereocenters. The lowest BCUT2D eigenvalue weighted by Crippen LogP contribution is -2.50. The molecule has 0 radical (unpaired) electrons. The van der Waals surface area contributed by atoms with Gasteiger partial charge in [0.2, 0.25) is 0 Å². The minimum atomic E-state index is -0.330. The highest BCUT2D eigenvalue weighted by molar-refractivity contribution is 5.92. The average Bonchev–Trinajstić information content (AvgIpc) is 3.03. The van der Waals surface area contributed by atoms with Crippen LogP contribution in [0.1, 0.15) is 23.0 Å². The highest BCUT2D eigenvalue weighted by Gasteiger charge is 2.24. The first kappa shape index (κ1) is 16.7. The Morgan fingerprint density at radius 1 is 1.25 bits per heavy atom. The lowest BCUT2D eigenvalue weighted by Gasteiger charge is -2.35. The molecule has 1 aliphatic rings. The first-order chi connectivity index (χ1) is 11.6. The van der Waals surface area contributed by atoms with Crippen LogP contribution in [0.3, 0.4) is 0 Å². The maximum absolute atomic E-state index is 12.8. The molecule has 0 aromatic carbocycles. The molecule has 0 spiro atoms. The smallest absolute Gasteiger partial charge is 0.270 e. The largest absolute Gasteiger partial charge is 0.392 e. The van der Waals surface area contributed by atoms with E-state index in [-0.39, 0.29) is 12.0 Å². The molecule has 1 aliphatic heterocycles. The Hall–Kier alpha value is -2.18. The molecule has 1 saturated heterocycles. The summed E-state index contributed by atoms with van der Waals surface area (Å²) in [6.45, 7) is 6.11. The van der Waals surface area contributed by atoms with Crippen molar-refractivity contribution in [1.82, 2.24) is 19.4 Å². The third-order valence-corrected chi connectivity index (χ3v) is 4.31. The second kappa shape index (κ2) is 7.59. The van der Waals surface area contributed by atoms with Gasteiger partial charge in [-0.1, -0.05) is 6.07 Å². The number of amides is 1. The van der Waals surface area contributed by atoms with Crippen molar-refractivity contribution in [3.05, 3.63) is 54.1 Å². The Morgan fingerprint density at radius 3 is 2.71 bits per heavy atom. The summed E-state index contributed by atoms with van der Waals surface area (Å²) < 4.78 is 1.97. The molecule has 6 heteroatoms. The van der Waals surface area contributed by atoms with Crippen LogP contribution < -0.4 is 0 Å². The van der Waals surface area contributed by atoms with Gasteiger partial charge < -0.3 is 14.6 Å². The van der Waals surface area contributed by atoms with Gasteiger partial charge in [-0.25, -0.2) is 0 Å². The Balaban J connectivity index is 1.63. The first-order valence-corrected chi connectivity index (χ1v) is 8.37. The van der Waals surface area contributed by atoms with Crippen molar-refractivity contribution >= 4 is 5.91 Å².